The Hall–Kier alpha value is -0.580. The summed E-state index contributed by atoms with van der Waals surface area (Å²) >= 11 is 3.45. The average molecular weight is 331 g/mol. The van der Waals surface area contributed by atoms with E-state index in [4.69, 9.17) is 9.47 Å². The average Bonchev–Trinajstić information content (AvgIpc) is 2.38. The van der Waals surface area contributed by atoms with Crippen LogP contribution in [0, 0.1) is 0 Å². The molecule has 0 radical (unpaired) electrons. The molecule has 0 heterocycles. The maximum Gasteiger partial charge on any atom is 0.122 e. The Kier molecular flexibility index (Phi) is 7.42. The normalized spacial score (nSPS) is 14.2. The van der Waals surface area contributed by atoms with Crippen molar-refractivity contribution in [3.63, 3.8) is 0 Å². The fourth-order valence-electron chi connectivity index (χ4n) is 2.15. The van der Waals surface area contributed by atoms with E-state index in [9.17, 15) is 5.11 Å². The van der Waals surface area contributed by atoms with Crippen LogP contribution in [0.25, 0.3) is 0 Å². The van der Waals surface area contributed by atoms with Gasteiger partial charge in [-0.3, -0.25) is 0 Å². The highest BCUT2D eigenvalue weighted by Crippen LogP contribution is 2.25. The zero-order valence-corrected chi connectivity index (χ0v) is 13.4. The number of rotatable bonds is 8. The topological polar surface area (TPSA) is 38.7 Å². The Bertz CT molecular complexity index is 376. The first-order valence-corrected chi connectivity index (χ1v) is 7.53. The van der Waals surface area contributed by atoms with Crippen molar-refractivity contribution in [1.82, 2.24) is 0 Å². The molecule has 0 aliphatic carbocycles. The van der Waals surface area contributed by atoms with Gasteiger partial charge in [0.05, 0.1) is 19.3 Å². The molecule has 3 nitrogen and oxygen atoms in total. The van der Waals surface area contributed by atoms with E-state index in [1.165, 1.54) is 0 Å². The lowest BCUT2D eigenvalue weighted by atomic mass is 10.00. The first-order chi connectivity index (χ1) is 9.12. The second-order valence-corrected chi connectivity index (χ2v) is 5.43. The van der Waals surface area contributed by atoms with Gasteiger partial charge in [-0.25, -0.2) is 0 Å². The Labute approximate surface area is 124 Å². The van der Waals surface area contributed by atoms with Crippen LogP contribution in [0.5, 0.6) is 5.75 Å². The van der Waals surface area contributed by atoms with Crippen LogP contribution in [0.1, 0.15) is 32.3 Å². The molecule has 0 aromatic heterocycles. The van der Waals surface area contributed by atoms with E-state index in [1.807, 2.05) is 25.1 Å². The van der Waals surface area contributed by atoms with Gasteiger partial charge in [0.2, 0.25) is 0 Å². The van der Waals surface area contributed by atoms with Gasteiger partial charge in [-0.15, -0.1) is 0 Å². The molecular weight excluding hydrogens is 308 g/mol. The standard InChI is InChI=1S/C15H23BrO3/c1-4-6-15(19-5-2)13(17)10-11-9-12(16)7-8-14(11)18-3/h7-9,13,15,17H,4-6,10H2,1-3H3. The molecule has 1 aromatic carbocycles. The van der Waals surface area contributed by atoms with E-state index in [0.29, 0.717) is 13.0 Å². The molecule has 0 fully saturated rings. The third-order valence-corrected chi connectivity index (χ3v) is 3.55. The van der Waals surface area contributed by atoms with Crippen LogP contribution < -0.4 is 4.74 Å². The predicted molar refractivity (Wildman–Crippen MR) is 80.7 cm³/mol. The minimum Gasteiger partial charge on any atom is -0.496 e. The minimum absolute atomic E-state index is 0.112. The van der Waals surface area contributed by atoms with Crippen molar-refractivity contribution >= 4 is 15.9 Å². The van der Waals surface area contributed by atoms with Crippen LogP contribution in [0.2, 0.25) is 0 Å². The van der Waals surface area contributed by atoms with Gasteiger partial charge in [0.15, 0.2) is 0 Å². The van der Waals surface area contributed by atoms with Crippen molar-refractivity contribution in [2.45, 2.75) is 45.3 Å². The molecule has 0 bridgehead atoms. The van der Waals surface area contributed by atoms with E-state index in [1.54, 1.807) is 7.11 Å². The third-order valence-electron chi connectivity index (χ3n) is 3.05. The molecule has 1 rings (SSSR count). The maximum atomic E-state index is 10.3. The van der Waals surface area contributed by atoms with E-state index in [0.717, 1.165) is 28.6 Å². The minimum atomic E-state index is -0.511. The number of hydrogen-bond acceptors (Lipinski definition) is 3. The smallest absolute Gasteiger partial charge is 0.122 e. The zero-order chi connectivity index (χ0) is 14.3. The first-order valence-electron chi connectivity index (χ1n) is 6.74. The van der Waals surface area contributed by atoms with Crippen LogP contribution in [0.3, 0.4) is 0 Å². The monoisotopic (exact) mass is 330 g/mol. The molecule has 1 aromatic rings. The fraction of sp³-hybridized carbons (Fsp3) is 0.600. The molecule has 108 valence electrons. The van der Waals surface area contributed by atoms with Crippen molar-refractivity contribution in [3.8, 4) is 5.75 Å². The molecule has 1 N–H and O–H groups in total. The van der Waals surface area contributed by atoms with Gasteiger partial charge in [0, 0.05) is 17.5 Å². The van der Waals surface area contributed by atoms with Gasteiger partial charge in [-0.1, -0.05) is 29.3 Å². The molecule has 0 aliphatic rings. The second kappa shape index (κ2) is 8.56. The molecule has 4 heteroatoms. The molecule has 2 atom stereocenters. The fourth-order valence-corrected chi connectivity index (χ4v) is 2.56. The lowest BCUT2D eigenvalue weighted by molar-refractivity contribution is -0.0365. The summed E-state index contributed by atoms with van der Waals surface area (Å²) in [4.78, 5) is 0. The summed E-state index contributed by atoms with van der Waals surface area (Å²) in [6.45, 7) is 4.67. The number of methoxy groups -OCH3 is 1. The van der Waals surface area contributed by atoms with E-state index >= 15 is 0 Å². The van der Waals surface area contributed by atoms with Crippen LogP contribution in [0.4, 0.5) is 0 Å². The SMILES string of the molecule is CCCC(OCC)C(O)Cc1cc(Br)ccc1OC. The lowest BCUT2D eigenvalue weighted by Gasteiger charge is -2.23. The third kappa shape index (κ3) is 5.13. The largest absolute Gasteiger partial charge is 0.496 e. The summed E-state index contributed by atoms with van der Waals surface area (Å²) in [5.41, 5.74) is 0.991. The summed E-state index contributed by atoms with van der Waals surface area (Å²) in [7, 11) is 1.64. The first kappa shape index (κ1) is 16.5. The van der Waals surface area contributed by atoms with E-state index in [-0.39, 0.29) is 6.10 Å². The van der Waals surface area contributed by atoms with Gasteiger partial charge < -0.3 is 14.6 Å². The van der Waals surface area contributed by atoms with Crippen LogP contribution >= 0.6 is 15.9 Å². The molecule has 0 spiro atoms. The molecule has 2 unspecified atom stereocenters. The Balaban J connectivity index is 2.78. The number of hydrogen-bond donors (Lipinski definition) is 1. The molecular formula is C15H23BrO3. The molecule has 0 amide bonds. The van der Waals surface area contributed by atoms with Crippen molar-refractivity contribution in [2.75, 3.05) is 13.7 Å². The van der Waals surface area contributed by atoms with Crippen LogP contribution in [-0.2, 0) is 11.2 Å². The van der Waals surface area contributed by atoms with Gasteiger partial charge in [-0.05, 0) is 37.1 Å². The number of ether oxygens (including phenoxy) is 2. The molecule has 0 saturated carbocycles. The highest BCUT2D eigenvalue weighted by atomic mass is 79.9. The predicted octanol–water partition coefficient (Wildman–Crippen LogP) is 3.57. The summed E-state index contributed by atoms with van der Waals surface area (Å²) in [5.74, 6) is 0.800. The Morgan fingerprint density at radius 1 is 1.32 bits per heavy atom. The number of benzene rings is 1. The quantitative estimate of drug-likeness (QED) is 0.791. The van der Waals surface area contributed by atoms with Crippen LogP contribution in [0.15, 0.2) is 22.7 Å². The number of halogens is 1. The van der Waals surface area contributed by atoms with Crippen molar-refractivity contribution < 1.29 is 14.6 Å². The summed E-state index contributed by atoms with van der Waals surface area (Å²) < 4.78 is 11.9. The summed E-state index contributed by atoms with van der Waals surface area (Å²) in [5, 5.41) is 10.3. The van der Waals surface area contributed by atoms with Crippen LogP contribution in [-0.4, -0.2) is 31.0 Å². The van der Waals surface area contributed by atoms with E-state index in [2.05, 4.69) is 22.9 Å². The van der Waals surface area contributed by atoms with Gasteiger partial charge in [0.25, 0.3) is 0 Å². The number of aliphatic hydroxyl groups excluding tert-OH is 1. The Morgan fingerprint density at radius 3 is 2.63 bits per heavy atom. The van der Waals surface area contributed by atoms with Crippen molar-refractivity contribution in [3.05, 3.63) is 28.2 Å². The lowest BCUT2D eigenvalue weighted by Crippen LogP contribution is -2.31. The highest BCUT2D eigenvalue weighted by molar-refractivity contribution is 9.10. The van der Waals surface area contributed by atoms with Gasteiger partial charge in [-0.2, -0.15) is 0 Å². The number of aliphatic hydroxyl groups is 1. The van der Waals surface area contributed by atoms with Crippen molar-refractivity contribution in [2.24, 2.45) is 0 Å². The molecule has 0 aliphatic heterocycles. The summed E-state index contributed by atoms with van der Waals surface area (Å²) in [6, 6.07) is 5.82. The Morgan fingerprint density at radius 2 is 2.05 bits per heavy atom. The zero-order valence-electron chi connectivity index (χ0n) is 11.9. The maximum absolute atomic E-state index is 10.3. The second-order valence-electron chi connectivity index (χ2n) is 4.51. The van der Waals surface area contributed by atoms with Gasteiger partial charge >= 0.3 is 0 Å². The van der Waals surface area contributed by atoms with Crippen molar-refractivity contribution in [1.29, 1.82) is 0 Å². The van der Waals surface area contributed by atoms with Gasteiger partial charge in [0.1, 0.15) is 5.75 Å². The highest BCUT2D eigenvalue weighted by Gasteiger charge is 2.20. The molecule has 0 saturated heterocycles. The summed E-state index contributed by atoms with van der Waals surface area (Å²) in [6.07, 6.45) is 1.78. The van der Waals surface area contributed by atoms with E-state index < -0.39 is 6.10 Å². The molecule has 19 heavy (non-hydrogen) atoms.